The highest BCUT2D eigenvalue weighted by molar-refractivity contribution is 6.30. The van der Waals surface area contributed by atoms with Gasteiger partial charge in [0.2, 0.25) is 0 Å². The van der Waals surface area contributed by atoms with E-state index in [1.165, 1.54) is 33.5 Å². The molecule has 2 aliphatic rings. The van der Waals surface area contributed by atoms with Gasteiger partial charge in [0.05, 0.1) is 0 Å². The average Bonchev–Trinajstić information content (AvgIpc) is 2.69. The fraction of sp³-hybridized carbons (Fsp3) is 0.167. The molecule has 0 spiro atoms. The van der Waals surface area contributed by atoms with Crippen LogP contribution in [0.3, 0.4) is 0 Å². The van der Waals surface area contributed by atoms with Gasteiger partial charge in [-0.3, -0.25) is 0 Å². The van der Waals surface area contributed by atoms with E-state index in [1.54, 1.807) is 0 Å². The lowest BCUT2D eigenvalue weighted by molar-refractivity contribution is -0.000396. The fourth-order valence-electron chi connectivity index (χ4n) is 3.98. The first-order chi connectivity index (χ1) is 13.1. The molecule has 5 rings (SSSR count). The van der Waals surface area contributed by atoms with Gasteiger partial charge in [-0.2, -0.15) is 0 Å². The van der Waals surface area contributed by atoms with Gasteiger partial charge in [0, 0.05) is 28.0 Å². The van der Waals surface area contributed by atoms with E-state index in [4.69, 9.17) is 16.3 Å². The molecular weight excluding hydrogens is 354 g/mol. The Bertz CT molecular complexity index is 1050. The first-order valence-corrected chi connectivity index (χ1v) is 9.57. The maximum absolute atomic E-state index is 6.70. The molecule has 134 valence electrons. The second-order valence-corrected chi connectivity index (χ2v) is 7.70. The van der Waals surface area contributed by atoms with Gasteiger partial charge in [-0.15, -0.1) is 0 Å². The van der Waals surface area contributed by atoms with Crippen molar-refractivity contribution in [1.29, 1.82) is 0 Å². The zero-order valence-corrected chi connectivity index (χ0v) is 16.1. The predicted molar refractivity (Wildman–Crippen MR) is 111 cm³/mol. The number of hydrogen-bond donors (Lipinski definition) is 0. The van der Waals surface area contributed by atoms with E-state index < -0.39 is 0 Å². The lowest BCUT2D eigenvalue weighted by Crippen LogP contribution is -2.35. The molecule has 2 unspecified atom stereocenters. The van der Waals surface area contributed by atoms with Crippen molar-refractivity contribution in [1.82, 2.24) is 0 Å². The van der Waals surface area contributed by atoms with Gasteiger partial charge in [-0.05, 0) is 60.4 Å². The molecular formula is C24H20ClNO. The number of aryl methyl sites for hydroxylation is 2. The van der Waals surface area contributed by atoms with Crippen molar-refractivity contribution in [3.63, 3.8) is 0 Å². The third-order valence-electron chi connectivity index (χ3n) is 5.57. The summed E-state index contributed by atoms with van der Waals surface area (Å²) in [6, 6.07) is 21.0. The van der Waals surface area contributed by atoms with Crippen LogP contribution in [0, 0.1) is 13.8 Å². The van der Waals surface area contributed by atoms with Crippen LogP contribution in [0.4, 0.5) is 5.69 Å². The minimum absolute atomic E-state index is 0.127. The molecule has 0 N–H and O–H groups in total. The van der Waals surface area contributed by atoms with Gasteiger partial charge in [-0.1, -0.05) is 54.1 Å². The average molecular weight is 374 g/mol. The molecule has 2 aliphatic heterocycles. The van der Waals surface area contributed by atoms with Crippen LogP contribution in [-0.4, -0.2) is 0 Å². The molecule has 0 fully saturated rings. The monoisotopic (exact) mass is 373 g/mol. The van der Waals surface area contributed by atoms with E-state index in [9.17, 15) is 0 Å². The van der Waals surface area contributed by atoms with Crippen LogP contribution in [0.2, 0.25) is 5.02 Å². The molecule has 3 aromatic rings. The molecule has 0 amide bonds. The SMILES string of the molecule is Cc1cc2c(cc1C)N1C=Cc3ccccc3C1OC2c1ccc(Cl)cc1. The van der Waals surface area contributed by atoms with E-state index in [0.29, 0.717) is 0 Å². The van der Waals surface area contributed by atoms with Crippen LogP contribution in [0.25, 0.3) is 6.08 Å². The first-order valence-electron chi connectivity index (χ1n) is 9.19. The molecule has 0 radical (unpaired) electrons. The highest BCUT2D eigenvalue weighted by Crippen LogP contribution is 2.48. The number of rotatable bonds is 1. The van der Waals surface area contributed by atoms with E-state index in [1.807, 2.05) is 12.1 Å². The summed E-state index contributed by atoms with van der Waals surface area (Å²) in [5.41, 5.74) is 8.49. The van der Waals surface area contributed by atoms with Gasteiger partial charge in [0.1, 0.15) is 6.10 Å². The summed E-state index contributed by atoms with van der Waals surface area (Å²) in [5.74, 6) is 0. The predicted octanol–water partition coefficient (Wildman–Crippen LogP) is 6.57. The van der Waals surface area contributed by atoms with Crippen LogP contribution in [0.15, 0.2) is 66.9 Å². The summed E-state index contributed by atoms with van der Waals surface area (Å²) in [6.45, 7) is 4.32. The highest BCUT2D eigenvalue weighted by atomic mass is 35.5. The molecule has 2 atom stereocenters. The maximum atomic E-state index is 6.70. The second kappa shape index (κ2) is 6.26. The van der Waals surface area contributed by atoms with Crippen LogP contribution in [-0.2, 0) is 4.74 Å². The van der Waals surface area contributed by atoms with Crippen molar-refractivity contribution in [2.45, 2.75) is 26.2 Å². The Hall–Kier alpha value is -2.55. The molecule has 0 aromatic heterocycles. The molecule has 2 nitrogen and oxygen atoms in total. The first kappa shape index (κ1) is 16.6. The fourth-order valence-corrected chi connectivity index (χ4v) is 4.10. The Morgan fingerprint density at radius 1 is 0.889 bits per heavy atom. The second-order valence-electron chi connectivity index (χ2n) is 7.27. The van der Waals surface area contributed by atoms with Crippen molar-refractivity contribution >= 4 is 23.4 Å². The smallest absolute Gasteiger partial charge is 0.162 e. The van der Waals surface area contributed by atoms with Gasteiger partial charge >= 0.3 is 0 Å². The molecule has 0 aliphatic carbocycles. The molecule has 27 heavy (non-hydrogen) atoms. The van der Waals surface area contributed by atoms with Gasteiger partial charge in [0.15, 0.2) is 6.23 Å². The van der Waals surface area contributed by atoms with Gasteiger partial charge < -0.3 is 9.64 Å². The third kappa shape index (κ3) is 2.68. The minimum atomic E-state index is -0.138. The number of halogens is 1. The summed E-state index contributed by atoms with van der Waals surface area (Å²) in [7, 11) is 0. The number of benzene rings is 3. The van der Waals surface area contributed by atoms with Gasteiger partial charge in [-0.25, -0.2) is 0 Å². The number of ether oxygens (including phenoxy) is 1. The van der Waals surface area contributed by atoms with Crippen LogP contribution < -0.4 is 4.90 Å². The molecule has 0 saturated heterocycles. The van der Waals surface area contributed by atoms with Gasteiger partial charge in [0.25, 0.3) is 0 Å². The number of anilines is 1. The standard InChI is InChI=1S/C24H20ClNO/c1-15-13-21-22(14-16(15)2)26-12-11-17-5-3-4-6-20(17)24(26)27-23(21)18-7-9-19(25)10-8-18/h3-14,23-24H,1-2H3. The van der Waals surface area contributed by atoms with E-state index >= 15 is 0 Å². The van der Waals surface area contributed by atoms with Crippen molar-refractivity contribution in [2.24, 2.45) is 0 Å². The summed E-state index contributed by atoms with van der Waals surface area (Å²) < 4.78 is 6.70. The van der Waals surface area contributed by atoms with Crippen LogP contribution >= 0.6 is 11.6 Å². The quantitative estimate of drug-likeness (QED) is 0.478. The maximum Gasteiger partial charge on any atom is 0.162 e. The normalized spacial score (nSPS) is 20.0. The number of hydrogen-bond acceptors (Lipinski definition) is 2. The zero-order chi connectivity index (χ0) is 18.5. The van der Waals surface area contributed by atoms with Crippen molar-refractivity contribution in [2.75, 3.05) is 4.90 Å². The molecule has 2 heterocycles. The summed E-state index contributed by atoms with van der Waals surface area (Å²) in [6.07, 6.45) is 4.04. The lowest BCUT2D eigenvalue weighted by Gasteiger charge is -2.43. The number of nitrogens with zero attached hydrogens (tertiary/aromatic N) is 1. The minimum Gasteiger partial charge on any atom is -0.341 e. The summed E-state index contributed by atoms with van der Waals surface area (Å²) in [4.78, 5) is 2.25. The van der Waals surface area contributed by atoms with Crippen molar-refractivity contribution < 1.29 is 4.74 Å². The summed E-state index contributed by atoms with van der Waals surface area (Å²) in [5, 5.41) is 0.738. The number of fused-ring (bicyclic) bond motifs is 5. The zero-order valence-electron chi connectivity index (χ0n) is 15.3. The van der Waals surface area contributed by atoms with Crippen molar-refractivity contribution in [3.8, 4) is 0 Å². The Morgan fingerprint density at radius 2 is 1.63 bits per heavy atom. The van der Waals surface area contributed by atoms with E-state index in [0.717, 1.165) is 10.6 Å². The lowest BCUT2D eigenvalue weighted by atomic mass is 9.91. The Morgan fingerprint density at radius 3 is 2.44 bits per heavy atom. The Labute approximate surface area is 164 Å². The van der Waals surface area contributed by atoms with E-state index in [-0.39, 0.29) is 12.3 Å². The van der Waals surface area contributed by atoms with E-state index in [2.05, 4.69) is 79.6 Å². The molecule has 3 heteroatoms. The Balaban J connectivity index is 1.71. The largest absolute Gasteiger partial charge is 0.341 e. The molecule has 3 aromatic carbocycles. The Kier molecular flexibility index (Phi) is 3.85. The van der Waals surface area contributed by atoms with Crippen LogP contribution in [0.5, 0.6) is 0 Å². The summed E-state index contributed by atoms with van der Waals surface area (Å²) >= 11 is 6.12. The topological polar surface area (TPSA) is 12.5 Å². The van der Waals surface area contributed by atoms with Crippen molar-refractivity contribution in [3.05, 3.63) is 105 Å². The molecule has 0 bridgehead atoms. The molecule has 0 saturated carbocycles. The third-order valence-corrected chi connectivity index (χ3v) is 5.82. The van der Waals surface area contributed by atoms with Crippen LogP contribution in [0.1, 0.15) is 45.7 Å². The highest BCUT2D eigenvalue weighted by Gasteiger charge is 2.36.